The lowest BCUT2D eigenvalue weighted by molar-refractivity contribution is -0.682. The van der Waals surface area contributed by atoms with Gasteiger partial charge in [0, 0.05) is 18.3 Å². The number of hydrogen-bond donors (Lipinski definition) is 2. The van der Waals surface area contributed by atoms with Gasteiger partial charge in [0.25, 0.3) is 0 Å². The van der Waals surface area contributed by atoms with Crippen molar-refractivity contribution in [2.75, 3.05) is 5.73 Å². The second-order valence-electron chi connectivity index (χ2n) is 4.47. The Balaban J connectivity index is 2.14. The molecule has 0 spiro atoms. The molecule has 96 valence electrons. The molecule has 0 amide bonds. The van der Waals surface area contributed by atoms with Gasteiger partial charge in [-0.25, -0.2) is 9.08 Å². The standard InChI is InChI=1S/C14H15N4O/c1-17-8-4-2-7-11(17)14(19)13-12(15)10-6-3-5-9-18(10)16-13/h2-9,14,19H,15H2,1H3/q+1. The summed E-state index contributed by atoms with van der Waals surface area (Å²) >= 11 is 0. The predicted octanol–water partition coefficient (Wildman–Crippen LogP) is 0.823. The minimum absolute atomic E-state index is 0.480. The van der Waals surface area contributed by atoms with Gasteiger partial charge in [-0.05, 0) is 18.2 Å². The monoisotopic (exact) mass is 255 g/mol. The summed E-state index contributed by atoms with van der Waals surface area (Å²) in [6, 6.07) is 11.3. The number of aliphatic hydroxyl groups is 1. The Labute approximate surface area is 110 Å². The van der Waals surface area contributed by atoms with E-state index < -0.39 is 6.10 Å². The van der Waals surface area contributed by atoms with Crippen molar-refractivity contribution < 1.29 is 9.67 Å². The lowest BCUT2D eigenvalue weighted by atomic mass is 10.1. The minimum Gasteiger partial charge on any atom is -0.395 e. The van der Waals surface area contributed by atoms with Crippen molar-refractivity contribution in [1.82, 2.24) is 9.61 Å². The third-order valence-corrected chi connectivity index (χ3v) is 3.24. The van der Waals surface area contributed by atoms with E-state index in [9.17, 15) is 5.11 Å². The first-order valence-corrected chi connectivity index (χ1v) is 6.04. The maximum absolute atomic E-state index is 10.5. The van der Waals surface area contributed by atoms with Crippen molar-refractivity contribution in [3.8, 4) is 0 Å². The molecule has 0 aromatic carbocycles. The Morgan fingerprint density at radius 2 is 2.05 bits per heavy atom. The molecule has 3 rings (SSSR count). The van der Waals surface area contributed by atoms with E-state index in [-0.39, 0.29) is 0 Å². The van der Waals surface area contributed by atoms with E-state index in [0.717, 1.165) is 11.2 Å². The van der Waals surface area contributed by atoms with Gasteiger partial charge in [0.15, 0.2) is 12.3 Å². The van der Waals surface area contributed by atoms with Crippen LogP contribution in [0.2, 0.25) is 0 Å². The van der Waals surface area contributed by atoms with Gasteiger partial charge in [-0.3, -0.25) is 0 Å². The van der Waals surface area contributed by atoms with Crippen LogP contribution in [0.25, 0.3) is 5.52 Å². The highest BCUT2D eigenvalue weighted by Crippen LogP contribution is 2.26. The maximum Gasteiger partial charge on any atom is 0.216 e. The highest BCUT2D eigenvalue weighted by Gasteiger charge is 2.25. The Bertz CT molecular complexity index is 735. The largest absolute Gasteiger partial charge is 0.395 e. The van der Waals surface area contributed by atoms with E-state index in [0.29, 0.717) is 11.4 Å². The molecule has 5 nitrogen and oxygen atoms in total. The molecule has 3 heterocycles. The Hall–Kier alpha value is -2.40. The van der Waals surface area contributed by atoms with Crippen LogP contribution in [0.3, 0.4) is 0 Å². The summed E-state index contributed by atoms with van der Waals surface area (Å²) in [5.41, 5.74) is 8.61. The molecule has 0 aliphatic heterocycles. The number of aliphatic hydroxyl groups excluding tert-OH is 1. The van der Waals surface area contributed by atoms with Crippen molar-refractivity contribution in [2.45, 2.75) is 6.10 Å². The molecule has 0 fully saturated rings. The Morgan fingerprint density at radius 3 is 2.79 bits per heavy atom. The van der Waals surface area contributed by atoms with Crippen molar-refractivity contribution in [3.63, 3.8) is 0 Å². The van der Waals surface area contributed by atoms with Crippen LogP contribution in [-0.2, 0) is 7.05 Å². The van der Waals surface area contributed by atoms with Crippen LogP contribution in [0.1, 0.15) is 17.5 Å². The van der Waals surface area contributed by atoms with E-state index >= 15 is 0 Å². The highest BCUT2D eigenvalue weighted by molar-refractivity contribution is 5.72. The molecule has 0 bridgehead atoms. The fourth-order valence-electron chi connectivity index (χ4n) is 2.20. The van der Waals surface area contributed by atoms with E-state index in [1.165, 1.54) is 0 Å². The summed E-state index contributed by atoms with van der Waals surface area (Å²) in [7, 11) is 1.88. The molecule has 0 aliphatic rings. The van der Waals surface area contributed by atoms with Gasteiger partial charge in [-0.15, -0.1) is 0 Å². The highest BCUT2D eigenvalue weighted by atomic mass is 16.3. The minimum atomic E-state index is -0.842. The first-order chi connectivity index (χ1) is 9.18. The van der Waals surface area contributed by atoms with Gasteiger partial charge in [0.1, 0.15) is 12.7 Å². The lowest BCUT2D eigenvalue weighted by Crippen LogP contribution is -2.34. The number of rotatable bonds is 2. The van der Waals surface area contributed by atoms with Crippen molar-refractivity contribution >= 4 is 11.2 Å². The number of aromatic nitrogens is 3. The first-order valence-electron chi connectivity index (χ1n) is 6.04. The normalized spacial score (nSPS) is 12.7. The molecular weight excluding hydrogens is 240 g/mol. The number of anilines is 1. The smallest absolute Gasteiger partial charge is 0.216 e. The van der Waals surface area contributed by atoms with Gasteiger partial charge in [0.2, 0.25) is 5.69 Å². The van der Waals surface area contributed by atoms with E-state index in [1.807, 2.05) is 60.4 Å². The predicted molar refractivity (Wildman–Crippen MR) is 71.3 cm³/mol. The molecule has 0 saturated heterocycles. The molecule has 0 radical (unpaired) electrons. The van der Waals surface area contributed by atoms with Gasteiger partial charge in [0.05, 0.1) is 11.2 Å². The summed E-state index contributed by atoms with van der Waals surface area (Å²) in [5, 5.41) is 14.8. The summed E-state index contributed by atoms with van der Waals surface area (Å²) in [6.07, 6.45) is 2.85. The van der Waals surface area contributed by atoms with Crippen molar-refractivity contribution in [3.05, 3.63) is 60.2 Å². The number of nitrogen functional groups attached to an aromatic ring is 1. The lowest BCUT2D eigenvalue weighted by Gasteiger charge is -2.06. The topological polar surface area (TPSA) is 67.4 Å². The van der Waals surface area contributed by atoms with E-state index in [2.05, 4.69) is 5.10 Å². The molecule has 0 saturated carbocycles. The Morgan fingerprint density at radius 1 is 1.26 bits per heavy atom. The van der Waals surface area contributed by atoms with Crippen LogP contribution < -0.4 is 10.3 Å². The zero-order chi connectivity index (χ0) is 13.4. The van der Waals surface area contributed by atoms with Gasteiger partial charge < -0.3 is 10.8 Å². The molecule has 3 aromatic heterocycles. The second kappa shape index (κ2) is 4.37. The molecule has 19 heavy (non-hydrogen) atoms. The van der Waals surface area contributed by atoms with E-state index in [4.69, 9.17) is 5.73 Å². The number of fused-ring (bicyclic) bond motifs is 1. The number of hydrogen-bond acceptors (Lipinski definition) is 3. The molecule has 0 aliphatic carbocycles. The average Bonchev–Trinajstić information content (AvgIpc) is 2.77. The second-order valence-corrected chi connectivity index (χ2v) is 4.47. The van der Waals surface area contributed by atoms with E-state index in [1.54, 1.807) is 4.52 Å². The molecular formula is C14H15N4O+. The van der Waals surface area contributed by atoms with Gasteiger partial charge in [-0.2, -0.15) is 5.10 Å². The summed E-state index contributed by atoms with van der Waals surface area (Å²) in [6.45, 7) is 0. The summed E-state index contributed by atoms with van der Waals surface area (Å²) in [5.74, 6) is 0. The maximum atomic E-state index is 10.5. The Kier molecular flexibility index (Phi) is 2.68. The third kappa shape index (κ3) is 1.84. The van der Waals surface area contributed by atoms with Gasteiger partial charge in [-0.1, -0.05) is 6.07 Å². The van der Waals surface area contributed by atoms with Crippen LogP contribution in [0.5, 0.6) is 0 Å². The van der Waals surface area contributed by atoms with Gasteiger partial charge >= 0.3 is 0 Å². The zero-order valence-electron chi connectivity index (χ0n) is 10.6. The number of nitrogens with zero attached hydrogens (tertiary/aromatic N) is 3. The van der Waals surface area contributed by atoms with Crippen LogP contribution in [0, 0.1) is 0 Å². The SMILES string of the molecule is C[n+]1ccccc1C(O)c1nn2ccccc2c1N. The quantitative estimate of drug-likeness (QED) is 0.666. The fraction of sp³-hybridized carbons (Fsp3) is 0.143. The van der Waals surface area contributed by atoms with Crippen LogP contribution in [0.4, 0.5) is 5.69 Å². The first kappa shape index (κ1) is 11.7. The molecule has 3 aromatic rings. The number of aryl methyl sites for hydroxylation is 1. The van der Waals surface area contributed by atoms with Crippen LogP contribution in [0.15, 0.2) is 48.8 Å². The van der Waals surface area contributed by atoms with Crippen LogP contribution in [-0.4, -0.2) is 14.7 Å². The average molecular weight is 255 g/mol. The molecule has 1 unspecified atom stereocenters. The summed E-state index contributed by atoms with van der Waals surface area (Å²) in [4.78, 5) is 0. The fourth-order valence-corrected chi connectivity index (χ4v) is 2.20. The number of nitrogens with two attached hydrogens (primary N) is 1. The molecule has 5 heteroatoms. The van der Waals surface area contributed by atoms with Crippen LogP contribution >= 0.6 is 0 Å². The zero-order valence-corrected chi connectivity index (χ0v) is 10.6. The van der Waals surface area contributed by atoms with Crippen molar-refractivity contribution in [1.29, 1.82) is 0 Å². The molecule has 1 atom stereocenters. The number of pyridine rings is 2. The summed E-state index contributed by atoms with van der Waals surface area (Å²) < 4.78 is 3.53. The van der Waals surface area contributed by atoms with Crippen molar-refractivity contribution in [2.24, 2.45) is 7.05 Å². The third-order valence-electron chi connectivity index (χ3n) is 3.24. The molecule has 3 N–H and O–H groups in total.